The number of fused-ring (bicyclic) bond motifs is 1. The highest BCUT2D eigenvalue weighted by Gasteiger charge is 2.24. The lowest BCUT2D eigenvalue weighted by molar-refractivity contribution is 0.704. The summed E-state index contributed by atoms with van der Waals surface area (Å²) in [7, 11) is 0. The minimum atomic E-state index is 0.461. The van der Waals surface area contributed by atoms with Crippen LogP contribution < -0.4 is 10.2 Å². The Balaban J connectivity index is 1.50. The first-order chi connectivity index (χ1) is 13.3. The Morgan fingerprint density at radius 3 is 2.81 bits per heavy atom. The monoisotopic (exact) mass is 359 g/mol. The fraction of sp³-hybridized carbons (Fsp3) is 0.250. The number of aromatic nitrogens is 5. The molecule has 4 heterocycles. The maximum absolute atomic E-state index is 4.82. The van der Waals surface area contributed by atoms with E-state index in [1.165, 1.54) is 12.8 Å². The third kappa shape index (κ3) is 2.91. The topological polar surface area (TPSA) is 63.3 Å². The Labute approximate surface area is 157 Å². The summed E-state index contributed by atoms with van der Waals surface area (Å²) in [4.78, 5) is 11.6. The molecule has 136 valence electrons. The number of hydrogen-bond acceptors (Lipinski definition) is 5. The molecule has 5 rings (SSSR count). The SMILES string of the molecule is C[C@@H]1CCCN1c1nc(Nc2cn(-c3ccccc3)cn2)c2cccn2n1. The molecule has 1 saturated heterocycles. The molecule has 7 heteroatoms. The average Bonchev–Trinajstić information content (AvgIpc) is 3.43. The van der Waals surface area contributed by atoms with Gasteiger partial charge < -0.3 is 14.8 Å². The van der Waals surface area contributed by atoms with Gasteiger partial charge in [0.25, 0.3) is 0 Å². The van der Waals surface area contributed by atoms with E-state index in [4.69, 9.17) is 4.98 Å². The summed E-state index contributed by atoms with van der Waals surface area (Å²) in [6, 6.07) is 14.6. The highest BCUT2D eigenvalue weighted by molar-refractivity contribution is 5.73. The number of anilines is 3. The molecule has 3 aromatic heterocycles. The van der Waals surface area contributed by atoms with Crippen molar-refractivity contribution < 1.29 is 0 Å². The first-order valence-corrected chi connectivity index (χ1v) is 9.26. The number of hydrogen-bond donors (Lipinski definition) is 1. The molecule has 0 saturated carbocycles. The third-order valence-corrected chi connectivity index (χ3v) is 5.07. The first kappa shape index (κ1) is 15.9. The molecule has 27 heavy (non-hydrogen) atoms. The van der Waals surface area contributed by atoms with Crippen LogP contribution in [0.25, 0.3) is 11.2 Å². The zero-order chi connectivity index (χ0) is 18.2. The van der Waals surface area contributed by atoms with E-state index in [0.29, 0.717) is 6.04 Å². The Bertz CT molecular complexity index is 1070. The molecule has 0 spiro atoms. The van der Waals surface area contributed by atoms with Crippen LogP contribution in [0.1, 0.15) is 19.8 Å². The van der Waals surface area contributed by atoms with Gasteiger partial charge in [-0.05, 0) is 44.0 Å². The zero-order valence-electron chi connectivity index (χ0n) is 15.2. The Kier molecular flexibility index (Phi) is 3.78. The average molecular weight is 359 g/mol. The molecule has 0 unspecified atom stereocenters. The van der Waals surface area contributed by atoms with Gasteiger partial charge in [-0.3, -0.25) is 0 Å². The van der Waals surface area contributed by atoms with Gasteiger partial charge in [0.1, 0.15) is 17.7 Å². The van der Waals surface area contributed by atoms with Crippen molar-refractivity contribution in [3.63, 3.8) is 0 Å². The van der Waals surface area contributed by atoms with Gasteiger partial charge in [-0.1, -0.05) is 18.2 Å². The van der Waals surface area contributed by atoms with Crippen molar-refractivity contribution in [2.24, 2.45) is 0 Å². The second-order valence-electron chi connectivity index (χ2n) is 6.91. The van der Waals surface area contributed by atoms with Gasteiger partial charge in [-0.2, -0.15) is 4.98 Å². The van der Waals surface area contributed by atoms with Crippen LogP contribution in [0.3, 0.4) is 0 Å². The molecule has 1 aromatic carbocycles. The molecule has 0 bridgehead atoms. The van der Waals surface area contributed by atoms with Gasteiger partial charge in [-0.25, -0.2) is 9.50 Å². The second-order valence-corrected chi connectivity index (χ2v) is 6.91. The number of nitrogens with one attached hydrogen (secondary N) is 1. The Hall–Kier alpha value is -3.35. The van der Waals surface area contributed by atoms with Crippen LogP contribution in [-0.4, -0.2) is 36.7 Å². The van der Waals surface area contributed by atoms with Crippen molar-refractivity contribution in [3.05, 3.63) is 61.2 Å². The highest BCUT2D eigenvalue weighted by atomic mass is 15.4. The fourth-order valence-corrected chi connectivity index (χ4v) is 3.62. The smallest absolute Gasteiger partial charge is 0.245 e. The lowest BCUT2D eigenvalue weighted by Crippen LogP contribution is -2.29. The summed E-state index contributed by atoms with van der Waals surface area (Å²) in [6.45, 7) is 3.22. The van der Waals surface area contributed by atoms with Crippen LogP contribution in [0.2, 0.25) is 0 Å². The van der Waals surface area contributed by atoms with Crippen LogP contribution in [0.15, 0.2) is 61.2 Å². The van der Waals surface area contributed by atoms with Crippen LogP contribution in [0, 0.1) is 0 Å². The van der Waals surface area contributed by atoms with Gasteiger partial charge in [0.2, 0.25) is 5.95 Å². The summed E-state index contributed by atoms with van der Waals surface area (Å²) < 4.78 is 3.87. The molecular weight excluding hydrogens is 338 g/mol. The van der Waals surface area contributed by atoms with Crippen LogP contribution >= 0.6 is 0 Å². The van der Waals surface area contributed by atoms with Crippen molar-refractivity contribution in [1.82, 2.24) is 24.1 Å². The lowest BCUT2D eigenvalue weighted by Gasteiger charge is -2.22. The lowest BCUT2D eigenvalue weighted by atomic mass is 10.2. The number of imidazole rings is 1. The standard InChI is InChI=1S/C20H21N7/c1-15-7-5-11-26(15)20-23-19(17-10-6-12-27(17)24-20)22-18-13-25(14-21-18)16-8-3-2-4-9-16/h2-4,6,8-10,12-15H,5,7,11H2,1H3,(H,22,23,24)/t15-/m1/s1. The van der Waals surface area contributed by atoms with E-state index in [-0.39, 0.29) is 0 Å². The molecular formula is C20H21N7. The summed E-state index contributed by atoms with van der Waals surface area (Å²) in [5.74, 6) is 2.28. The van der Waals surface area contributed by atoms with Crippen molar-refractivity contribution in [2.45, 2.75) is 25.8 Å². The van der Waals surface area contributed by atoms with Crippen LogP contribution in [0.4, 0.5) is 17.6 Å². The number of rotatable bonds is 4. The molecule has 0 radical (unpaired) electrons. The van der Waals surface area contributed by atoms with E-state index in [2.05, 4.69) is 27.2 Å². The van der Waals surface area contributed by atoms with E-state index in [1.54, 1.807) is 6.33 Å². The summed E-state index contributed by atoms with van der Waals surface area (Å²) in [6.07, 6.45) is 8.08. The minimum Gasteiger partial charge on any atom is -0.337 e. The van der Waals surface area contributed by atoms with Crippen LogP contribution in [0.5, 0.6) is 0 Å². The van der Waals surface area contributed by atoms with Crippen molar-refractivity contribution in [3.8, 4) is 5.69 Å². The predicted octanol–water partition coefficient (Wildman–Crippen LogP) is 3.65. The minimum absolute atomic E-state index is 0.461. The Morgan fingerprint density at radius 1 is 1.11 bits per heavy atom. The van der Waals surface area contributed by atoms with E-state index in [9.17, 15) is 0 Å². The van der Waals surface area contributed by atoms with E-state index in [1.807, 2.05) is 63.9 Å². The first-order valence-electron chi connectivity index (χ1n) is 9.26. The maximum Gasteiger partial charge on any atom is 0.245 e. The van der Waals surface area contributed by atoms with Crippen molar-refractivity contribution in [1.29, 1.82) is 0 Å². The number of para-hydroxylation sites is 1. The fourth-order valence-electron chi connectivity index (χ4n) is 3.62. The molecule has 1 aliphatic rings. The van der Waals surface area contributed by atoms with Crippen molar-refractivity contribution >= 4 is 23.1 Å². The van der Waals surface area contributed by atoms with Gasteiger partial charge in [0.05, 0.1) is 6.20 Å². The van der Waals surface area contributed by atoms with Gasteiger partial charge in [-0.15, -0.1) is 5.10 Å². The molecule has 0 aliphatic carbocycles. The maximum atomic E-state index is 4.82. The van der Waals surface area contributed by atoms with Gasteiger partial charge >= 0.3 is 0 Å². The summed E-state index contributed by atoms with van der Waals surface area (Å²) in [5.41, 5.74) is 2.00. The number of nitrogens with zero attached hydrogens (tertiary/aromatic N) is 6. The summed E-state index contributed by atoms with van der Waals surface area (Å²) >= 11 is 0. The molecule has 1 aliphatic heterocycles. The molecule has 7 nitrogen and oxygen atoms in total. The third-order valence-electron chi connectivity index (χ3n) is 5.07. The molecule has 0 amide bonds. The van der Waals surface area contributed by atoms with E-state index in [0.717, 1.165) is 35.3 Å². The molecule has 1 atom stereocenters. The largest absolute Gasteiger partial charge is 0.337 e. The summed E-state index contributed by atoms with van der Waals surface area (Å²) in [5, 5.41) is 8.06. The number of benzene rings is 1. The molecule has 1 fully saturated rings. The highest BCUT2D eigenvalue weighted by Crippen LogP contribution is 2.26. The predicted molar refractivity (Wildman–Crippen MR) is 106 cm³/mol. The van der Waals surface area contributed by atoms with E-state index < -0.39 is 0 Å². The molecule has 1 N–H and O–H groups in total. The van der Waals surface area contributed by atoms with Gasteiger partial charge in [0.15, 0.2) is 5.82 Å². The van der Waals surface area contributed by atoms with Gasteiger partial charge in [0, 0.05) is 24.5 Å². The molecule has 4 aromatic rings. The van der Waals surface area contributed by atoms with Crippen molar-refractivity contribution in [2.75, 3.05) is 16.8 Å². The normalized spacial score (nSPS) is 16.9. The second kappa shape index (κ2) is 6.42. The zero-order valence-corrected chi connectivity index (χ0v) is 15.2. The Morgan fingerprint density at radius 2 is 2.00 bits per heavy atom. The quantitative estimate of drug-likeness (QED) is 0.603. The van der Waals surface area contributed by atoms with Crippen LogP contribution in [-0.2, 0) is 0 Å². The van der Waals surface area contributed by atoms with E-state index >= 15 is 0 Å².